The molecule has 5 nitrogen and oxygen atoms in total. The zero-order valence-corrected chi connectivity index (χ0v) is 9.55. The molecular weight excluding hydrogens is 252 g/mol. The smallest absolute Gasteiger partial charge is 0.265 e. The van der Waals surface area contributed by atoms with Crippen LogP contribution in [0.25, 0.3) is 0 Å². The number of aromatic amines is 1. The molecule has 1 N–H and O–H groups in total. The van der Waals surface area contributed by atoms with Crippen molar-refractivity contribution in [1.29, 1.82) is 0 Å². The van der Waals surface area contributed by atoms with Gasteiger partial charge in [0.25, 0.3) is 5.56 Å². The fourth-order valence-electron chi connectivity index (χ4n) is 0.994. The van der Waals surface area contributed by atoms with Gasteiger partial charge in [-0.05, 0) is 15.9 Å². The van der Waals surface area contributed by atoms with Crippen LogP contribution in [-0.4, -0.2) is 24.2 Å². The van der Waals surface area contributed by atoms with E-state index in [-0.39, 0.29) is 12.2 Å². The topological polar surface area (TPSA) is 64.2 Å². The number of H-pyrrole nitrogens is 1. The van der Waals surface area contributed by atoms with Gasteiger partial charge in [0, 0.05) is 14.2 Å². The van der Waals surface area contributed by atoms with E-state index in [0.29, 0.717) is 22.6 Å². The van der Waals surface area contributed by atoms with Crippen molar-refractivity contribution in [2.75, 3.05) is 14.2 Å². The van der Waals surface area contributed by atoms with E-state index in [1.165, 1.54) is 7.11 Å². The molecule has 1 aromatic heterocycles. The van der Waals surface area contributed by atoms with Crippen molar-refractivity contribution in [3.05, 3.63) is 26.3 Å². The maximum Gasteiger partial charge on any atom is 0.265 e. The first-order valence-electron chi connectivity index (χ1n) is 3.94. The van der Waals surface area contributed by atoms with Gasteiger partial charge in [0.15, 0.2) is 0 Å². The second-order valence-corrected chi connectivity index (χ2v) is 3.43. The molecule has 0 radical (unpaired) electrons. The first kappa shape index (κ1) is 11.4. The Morgan fingerprint density at radius 3 is 2.57 bits per heavy atom. The van der Waals surface area contributed by atoms with Gasteiger partial charge in [-0.15, -0.1) is 0 Å². The van der Waals surface area contributed by atoms with E-state index < -0.39 is 0 Å². The monoisotopic (exact) mass is 262 g/mol. The van der Waals surface area contributed by atoms with Crippen LogP contribution in [0.4, 0.5) is 0 Å². The summed E-state index contributed by atoms with van der Waals surface area (Å²) >= 11 is 3.14. The van der Waals surface area contributed by atoms with Crippen molar-refractivity contribution < 1.29 is 9.47 Å². The molecule has 0 saturated carbocycles. The largest absolute Gasteiger partial charge is 0.378 e. The van der Waals surface area contributed by atoms with Crippen LogP contribution >= 0.6 is 15.9 Å². The highest BCUT2D eigenvalue weighted by Gasteiger charge is 2.08. The van der Waals surface area contributed by atoms with Crippen LogP contribution in [0.15, 0.2) is 9.27 Å². The summed E-state index contributed by atoms with van der Waals surface area (Å²) in [5, 5.41) is 0. The Morgan fingerprint density at radius 2 is 2.00 bits per heavy atom. The molecule has 0 atom stereocenters. The van der Waals surface area contributed by atoms with Gasteiger partial charge in [-0.25, -0.2) is 4.98 Å². The number of nitrogens with one attached hydrogen (secondary N) is 1. The van der Waals surface area contributed by atoms with Crippen LogP contribution < -0.4 is 5.56 Å². The quantitative estimate of drug-likeness (QED) is 0.873. The van der Waals surface area contributed by atoms with E-state index >= 15 is 0 Å². The highest BCUT2D eigenvalue weighted by molar-refractivity contribution is 9.10. The van der Waals surface area contributed by atoms with Crippen molar-refractivity contribution in [1.82, 2.24) is 9.97 Å². The third-order valence-electron chi connectivity index (χ3n) is 1.54. The summed E-state index contributed by atoms with van der Waals surface area (Å²) in [5.74, 6) is 0.493. The summed E-state index contributed by atoms with van der Waals surface area (Å²) in [4.78, 5) is 18.1. The Kier molecular flexibility index (Phi) is 4.24. The second-order valence-electron chi connectivity index (χ2n) is 2.64. The molecule has 0 amide bonds. The number of hydrogen-bond donors (Lipinski definition) is 1. The van der Waals surface area contributed by atoms with Crippen molar-refractivity contribution in [3.8, 4) is 0 Å². The summed E-state index contributed by atoms with van der Waals surface area (Å²) in [6, 6.07) is 0. The van der Waals surface area contributed by atoms with Gasteiger partial charge < -0.3 is 14.5 Å². The molecule has 0 aliphatic heterocycles. The van der Waals surface area contributed by atoms with Crippen LogP contribution in [0, 0.1) is 0 Å². The number of aromatic nitrogens is 2. The Morgan fingerprint density at radius 1 is 1.36 bits per heavy atom. The summed E-state index contributed by atoms with van der Waals surface area (Å²) in [5.41, 5.74) is 0.349. The summed E-state index contributed by atoms with van der Waals surface area (Å²) in [7, 11) is 3.09. The van der Waals surface area contributed by atoms with E-state index in [0.717, 1.165) is 0 Å². The maximum atomic E-state index is 11.4. The summed E-state index contributed by atoms with van der Waals surface area (Å²) in [6.07, 6.45) is 0. The minimum atomic E-state index is -0.223. The first-order chi connectivity index (χ1) is 6.69. The second kappa shape index (κ2) is 5.23. The number of ether oxygens (including phenoxy) is 2. The Labute approximate surface area is 89.6 Å². The molecule has 1 aromatic rings. The minimum Gasteiger partial charge on any atom is -0.378 e. The Balaban J connectivity index is 3.07. The number of methoxy groups -OCH3 is 2. The molecule has 0 spiro atoms. The van der Waals surface area contributed by atoms with Crippen LogP contribution in [0.2, 0.25) is 0 Å². The van der Waals surface area contributed by atoms with Gasteiger partial charge >= 0.3 is 0 Å². The Hall–Kier alpha value is -0.720. The molecule has 6 heteroatoms. The average molecular weight is 263 g/mol. The van der Waals surface area contributed by atoms with Crippen LogP contribution in [0.1, 0.15) is 11.5 Å². The Bertz CT molecular complexity index is 364. The van der Waals surface area contributed by atoms with Crippen LogP contribution in [-0.2, 0) is 22.7 Å². The van der Waals surface area contributed by atoms with Crippen molar-refractivity contribution in [2.45, 2.75) is 13.2 Å². The molecule has 0 fully saturated rings. The van der Waals surface area contributed by atoms with E-state index in [1.54, 1.807) is 7.11 Å². The molecule has 0 unspecified atom stereocenters. The molecule has 0 aromatic carbocycles. The molecule has 0 aliphatic rings. The van der Waals surface area contributed by atoms with Gasteiger partial charge in [0.1, 0.15) is 16.9 Å². The van der Waals surface area contributed by atoms with Crippen molar-refractivity contribution in [2.24, 2.45) is 0 Å². The molecule has 1 heterocycles. The summed E-state index contributed by atoms with van der Waals surface area (Å²) < 4.78 is 10.2. The molecule has 0 bridgehead atoms. The lowest BCUT2D eigenvalue weighted by Gasteiger charge is -2.04. The van der Waals surface area contributed by atoms with Gasteiger partial charge in [-0.1, -0.05) is 0 Å². The van der Waals surface area contributed by atoms with E-state index in [2.05, 4.69) is 25.9 Å². The SMILES string of the molecule is COCc1nc(COC)c(Br)c(=O)[nH]1. The zero-order valence-electron chi connectivity index (χ0n) is 7.96. The van der Waals surface area contributed by atoms with Gasteiger partial charge in [0.2, 0.25) is 0 Å². The van der Waals surface area contributed by atoms with E-state index in [1.807, 2.05) is 0 Å². The number of rotatable bonds is 4. The lowest BCUT2D eigenvalue weighted by Crippen LogP contribution is -2.16. The third-order valence-corrected chi connectivity index (χ3v) is 2.36. The molecule has 14 heavy (non-hydrogen) atoms. The fraction of sp³-hybridized carbons (Fsp3) is 0.500. The third kappa shape index (κ3) is 2.63. The lowest BCUT2D eigenvalue weighted by atomic mass is 10.4. The predicted octanol–water partition coefficient (Wildman–Crippen LogP) is 0.825. The first-order valence-corrected chi connectivity index (χ1v) is 4.73. The highest BCUT2D eigenvalue weighted by Crippen LogP contribution is 2.09. The van der Waals surface area contributed by atoms with E-state index in [9.17, 15) is 4.79 Å². The van der Waals surface area contributed by atoms with E-state index in [4.69, 9.17) is 9.47 Å². The predicted molar refractivity (Wildman–Crippen MR) is 54.0 cm³/mol. The standard InChI is InChI=1S/C8H11BrN2O3/c1-13-3-5-7(9)8(12)11-6(10-5)4-14-2/h3-4H2,1-2H3,(H,10,11,12). The molecule has 78 valence electrons. The zero-order chi connectivity index (χ0) is 10.6. The van der Waals surface area contributed by atoms with Crippen LogP contribution in [0.3, 0.4) is 0 Å². The lowest BCUT2D eigenvalue weighted by molar-refractivity contribution is 0.169. The van der Waals surface area contributed by atoms with Gasteiger partial charge in [-0.3, -0.25) is 4.79 Å². The summed E-state index contributed by atoms with van der Waals surface area (Å²) in [6.45, 7) is 0.570. The maximum absolute atomic E-state index is 11.4. The normalized spacial score (nSPS) is 10.5. The average Bonchev–Trinajstić information content (AvgIpc) is 2.14. The highest BCUT2D eigenvalue weighted by atomic mass is 79.9. The number of hydrogen-bond acceptors (Lipinski definition) is 4. The van der Waals surface area contributed by atoms with Gasteiger partial charge in [-0.2, -0.15) is 0 Å². The number of halogens is 1. The van der Waals surface area contributed by atoms with Crippen molar-refractivity contribution in [3.63, 3.8) is 0 Å². The molecular formula is C8H11BrN2O3. The molecule has 0 aliphatic carbocycles. The van der Waals surface area contributed by atoms with Crippen LogP contribution in [0.5, 0.6) is 0 Å². The van der Waals surface area contributed by atoms with Gasteiger partial charge in [0.05, 0.1) is 12.3 Å². The van der Waals surface area contributed by atoms with Crippen molar-refractivity contribution >= 4 is 15.9 Å². The molecule has 0 saturated heterocycles. The molecule has 1 rings (SSSR count). The fourth-order valence-corrected chi connectivity index (χ4v) is 1.30. The minimum absolute atomic E-state index is 0.223. The number of nitrogens with zero attached hydrogens (tertiary/aromatic N) is 1.